The van der Waals surface area contributed by atoms with Gasteiger partial charge in [-0.15, -0.1) is 0 Å². The Bertz CT molecular complexity index is 514. The van der Waals surface area contributed by atoms with Gasteiger partial charge in [0.2, 0.25) is 0 Å². The Kier molecular flexibility index (Phi) is 7.09. The predicted octanol–water partition coefficient (Wildman–Crippen LogP) is 4.61. The summed E-state index contributed by atoms with van der Waals surface area (Å²) in [6.45, 7) is 6.33. The topological polar surface area (TPSA) is 74.6 Å². The molecule has 0 radical (unpaired) electrons. The van der Waals surface area contributed by atoms with Crippen LogP contribution in [0.2, 0.25) is 0 Å². The van der Waals surface area contributed by atoms with Gasteiger partial charge in [0.15, 0.2) is 0 Å². The summed E-state index contributed by atoms with van der Waals surface area (Å²) in [5, 5.41) is 17.3. The Morgan fingerprint density at radius 1 is 1.05 bits per heavy atom. The van der Waals surface area contributed by atoms with E-state index in [1.807, 2.05) is 0 Å². The van der Waals surface area contributed by atoms with E-state index in [0.717, 1.165) is 17.9 Å². The van der Waals surface area contributed by atoms with Crippen molar-refractivity contribution in [2.75, 3.05) is 0 Å². The lowest BCUT2D eigenvalue weighted by Gasteiger charge is -2.24. The molecule has 1 aromatic rings. The van der Waals surface area contributed by atoms with Crippen LogP contribution in [0.25, 0.3) is 0 Å². The Morgan fingerprint density at radius 3 is 2.05 bits per heavy atom. The maximum Gasteiger partial charge on any atom is 0.335 e. The van der Waals surface area contributed by atoms with Crippen LogP contribution >= 0.6 is 0 Å². The number of rotatable bonds is 3. The molecule has 4 nitrogen and oxygen atoms in total. The number of hydrogen-bond donors (Lipinski definition) is 2. The third-order valence-corrected chi connectivity index (χ3v) is 4.31. The van der Waals surface area contributed by atoms with E-state index in [2.05, 4.69) is 13.8 Å². The second kappa shape index (κ2) is 8.57. The Labute approximate surface area is 132 Å². The SMILES string of the molecule is CC(C)C1CCCCC1.Cc1ccc(C(=O)O)cc1C(=O)O. The first-order valence-electron chi connectivity index (χ1n) is 7.90. The predicted molar refractivity (Wildman–Crippen MR) is 86.5 cm³/mol. The minimum absolute atomic E-state index is 0.0111. The first kappa shape index (κ1) is 18.2. The molecule has 0 heterocycles. The number of aryl methyl sites for hydroxylation is 1. The molecule has 2 rings (SSSR count). The molecule has 0 atom stereocenters. The van der Waals surface area contributed by atoms with Crippen molar-refractivity contribution in [3.8, 4) is 0 Å². The van der Waals surface area contributed by atoms with Gasteiger partial charge in [-0.05, 0) is 36.5 Å². The lowest BCUT2D eigenvalue weighted by Crippen LogP contribution is -2.12. The van der Waals surface area contributed by atoms with Gasteiger partial charge in [0.1, 0.15) is 0 Å². The van der Waals surface area contributed by atoms with E-state index in [4.69, 9.17) is 10.2 Å². The van der Waals surface area contributed by atoms with Crippen LogP contribution in [0.4, 0.5) is 0 Å². The first-order valence-corrected chi connectivity index (χ1v) is 7.90. The van der Waals surface area contributed by atoms with Crippen molar-refractivity contribution >= 4 is 11.9 Å². The summed E-state index contributed by atoms with van der Waals surface area (Å²) >= 11 is 0. The maximum atomic E-state index is 10.6. The molecule has 0 aliphatic heterocycles. The minimum Gasteiger partial charge on any atom is -0.478 e. The van der Waals surface area contributed by atoms with E-state index < -0.39 is 11.9 Å². The van der Waals surface area contributed by atoms with Crippen LogP contribution < -0.4 is 0 Å². The quantitative estimate of drug-likeness (QED) is 0.854. The minimum atomic E-state index is -1.12. The van der Waals surface area contributed by atoms with Crippen LogP contribution in [0.3, 0.4) is 0 Å². The zero-order chi connectivity index (χ0) is 16.7. The van der Waals surface area contributed by atoms with Gasteiger partial charge in [-0.25, -0.2) is 9.59 Å². The average Bonchev–Trinajstić information content (AvgIpc) is 2.48. The summed E-state index contributed by atoms with van der Waals surface area (Å²) in [5.41, 5.74) is 0.570. The molecule has 0 bridgehead atoms. The molecule has 0 spiro atoms. The van der Waals surface area contributed by atoms with Crippen LogP contribution in [0.15, 0.2) is 18.2 Å². The standard InChI is InChI=1S/C9H8O4.C9H18/c1-5-2-3-6(8(10)11)4-7(5)9(12)13;1-8(2)9-6-4-3-5-7-9/h2-4H,1H3,(H,10,11)(H,12,13);8-9H,3-7H2,1-2H3. The van der Waals surface area contributed by atoms with Crippen LogP contribution in [0.5, 0.6) is 0 Å². The molecule has 2 N–H and O–H groups in total. The fraction of sp³-hybridized carbons (Fsp3) is 0.556. The van der Waals surface area contributed by atoms with E-state index in [9.17, 15) is 9.59 Å². The molecule has 0 amide bonds. The Hall–Kier alpha value is -1.84. The monoisotopic (exact) mass is 306 g/mol. The van der Waals surface area contributed by atoms with Gasteiger partial charge in [-0.3, -0.25) is 0 Å². The van der Waals surface area contributed by atoms with Gasteiger partial charge in [0, 0.05) is 0 Å². The molecule has 122 valence electrons. The molecule has 1 aromatic carbocycles. The van der Waals surface area contributed by atoms with Crippen molar-refractivity contribution in [2.24, 2.45) is 11.8 Å². The summed E-state index contributed by atoms with van der Waals surface area (Å²) in [5.74, 6) is -0.243. The third-order valence-electron chi connectivity index (χ3n) is 4.31. The van der Waals surface area contributed by atoms with E-state index in [0.29, 0.717) is 5.56 Å². The highest BCUT2D eigenvalue weighted by Gasteiger charge is 2.15. The highest BCUT2D eigenvalue weighted by molar-refractivity contribution is 5.94. The normalized spacial score (nSPS) is 15.1. The largest absolute Gasteiger partial charge is 0.478 e. The molecule has 0 unspecified atom stereocenters. The molecule has 1 saturated carbocycles. The van der Waals surface area contributed by atoms with Crippen molar-refractivity contribution in [2.45, 2.75) is 52.9 Å². The van der Waals surface area contributed by atoms with Crippen molar-refractivity contribution < 1.29 is 19.8 Å². The number of carboxylic acids is 2. The first-order chi connectivity index (χ1) is 10.3. The van der Waals surface area contributed by atoms with Crippen LogP contribution in [-0.4, -0.2) is 22.2 Å². The summed E-state index contributed by atoms with van der Waals surface area (Å²) in [7, 11) is 0. The molecule has 1 aliphatic carbocycles. The molecule has 0 saturated heterocycles. The molecular formula is C18H26O4. The van der Waals surface area contributed by atoms with Gasteiger partial charge >= 0.3 is 11.9 Å². The van der Waals surface area contributed by atoms with E-state index >= 15 is 0 Å². The second-order valence-electron chi connectivity index (χ2n) is 6.28. The van der Waals surface area contributed by atoms with Gasteiger partial charge in [-0.2, -0.15) is 0 Å². The fourth-order valence-corrected chi connectivity index (χ4v) is 2.79. The summed E-state index contributed by atoms with van der Waals surface area (Å²) in [6.07, 6.45) is 7.46. The zero-order valence-corrected chi connectivity index (χ0v) is 13.6. The molecular weight excluding hydrogens is 280 g/mol. The second-order valence-corrected chi connectivity index (χ2v) is 6.28. The van der Waals surface area contributed by atoms with Gasteiger partial charge in [0.05, 0.1) is 11.1 Å². The van der Waals surface area contributed by atoms with Crippen LogP contribution in [-0.2, 0) is 0 Å². The lowest BCUT2D eigenvalue weighted by atomic mass is 9.82. The zero-order valence-electron chi connectivity index (χ0n) is 13.6. The van der Waals surface area contributed by atoms with Gasteiger partial charge in [-0.1, -0.05) is 52.0 Å². The molecule has 0 aromatic heterocycles. The van der Waals surface area contributed by atoms with E-state index in [-0.39, 0.29) is 11.1 Å². The number of benzene rings is 1. The van der Waals surface area contributed by atoms with E-state index in [1.165, 1.54) is 44.2 Å². The Morgan fingerprint density at radius 2 is 1.64 bits per heavy atom. The number of hydrogen-bond acceptors (Lipinski definition) is 2. The lowest BCUT2D eigenvalue weighted by molar-refractivity contribution is 0.0695. The fourth-order valence-electron chi connectivity index (χ4n) is 2.79. The smallest absolute Gasteiger partial charge is 0.335 e. The number of carboxylic acid groups (broad SMARTS) is 2. The average molecular weight is 306 g/mol. The summed E-state index contributed by atoms with van der Waals surface area (Å²) in [4.78, 5) is 21.1. The molecule has 1 fully saturated rings. The highest BCUT2D eigenvalue weighted by Crippen LogP contribution is 2.29. The molecule has 22 heavy (non-hydrogen) atoms. The van der Waals surface area contributed by atoms with Crippen molar-refractivity contribution in [1.29, 1.82) is 0 Å². The summed E-state index contributed by atoms with van der Waals surface area (Å²) in [6, 6.07) is 4.01. The number of aromatic carboxylic acids is 2. The van der Waals surface area contributed by atoms with Crippen LogP contribution in [0, 0.1) is 18.8 Å². The van der Waals surface area contributed by atoms with Gasteiger partial charge in [0.25, 0.3) is 0 Å². The van der Waals surface area contributed by atoms with Crippen molar-refractivity contribution in [1.82, 2.24) is 0 Å². The number of carbonyl (C=O) groups is 2. The van der Waals surface area contributed by atoms with Gasteiger partial charge < -0.3 is 10.2 Å². The maximum absolute atomic E-state index is 10.6. The van der Waals surface area contributed by atoms with Crippen molar-refractivity contribution in [3.05, 3.63) is 34.9 Å². The summed E-state index contributed by atoms with van der Waals surface area (Å²) < 4.78 is 0. The van der Waals surface area contributed by atoms with Crippen molar-refractivity contribution in [3.63, 3.8) is 0 Å². The molecule has 1 aliphatic rings. The van der Waals surface area contributed by atoms with E-state index in [1.54, 1.807) is 6.92 Å². The highest BCUT2D eigenvalue weighted by atomic mass is 16.4. The van der Waals surface area contributed by atoms with Crippen LogP contribution in [0.1, 0.15) is 72.2 Å². The third kappa shape index (κ3) is 5.51. The molecule has 4 heteroatoms. The Balaban J connectivity index is 0.000000235.